The third-order valence-electron chi connectivity index (χ3n) is 2.67. The average Bonchev–Trinajstić information content (AvgIpc) is 3.01. The van der Waals surface area contributed by atoms with E-state index in [-0.39, 0.29) is 11.6 Å². The van der Waals surface area contributed by atoms with Gasteiger partial charge in [0, 0.05) is 24.3 Å². The van der Waals surface area contributed by atoms with Crippen LogP contribution in [-0.4, -0.2) is 35.6 Å². The van der Waals surface area contributed by atoms with Crippen LogP contribution in [0.25, 0.3) is 5.82 Å². The molecule has 0 aromatic carbocycles. The van der Waals surface area contributed by atoms with Gasteiger partial charge in [0.05, 0.1) is 0 Å². The average molecular weight is 281 g/mol. The smallest absolute Gasteiger partial charge is 0.278 e. The normalized spacial score (nSPS) is 10.3. The second kappa shape index (κ2) is 5.45. The van der Waals surface area contributed by atoms with Crippen molar-refractivity contribution in [2.75, 3.05) is 5.32 Å². The number of nitrogens with zero attached hydrogens (tertiary/aromatic N) is 6. The van der Waals surface area contributed by atoms with Gasteiger partial charge in [0.2, 0.25) is 5.95 Å². The molecule has 0 spiro atoms. The standard InChI is InChI=1S/C13H11N7O/c1-9-4-5-15-13(16-9)17-12(21)10-2-3-11(19-18-10)20-7-6-14-8-20/h2-8H,1H3,(H,15,16,17,21). The van der Waals surface area contributed by atoms with Gasteiger partial charge < -0.3 is 0 Å². The summed E-state index contributed by atoms with van der Waals surface area (Å²) in [6, 6.07) is 5.00. The van der Waals surface area contributed by atoms with Crippen LogP contribution >= 0.6 is 0 Å². The minimum absolute atomic E-state index is 0.184. The van der Waals surface area contributed by atoms with E-state index < -0.39 is 5.91 Å². The maximum atomic E-state index is 12.0. The van der Waals surface area contributed by atoms with Gasteiger partial charge in [0.15, 0.2) is 11.5 Å². The van der Waals surface area contributed by atoms with Crippen molar-refractivity contribution in [1.29, 1.82) is 0 Å². The molecule has 0 unspecified atom stereocenters. The SMILES string of the molecule is Cc1ccnc(NC(=O)c2ccc(-n3ccnc3)nn2)n1. The Balaban J connectivity index is 1.76. The Morgan fingerprint density at radius 1 is 1.19 bits per heavy atom. The van der Waals surface area contributed by atoms with Gasteiger partial charge in [-0.1, -0.05) is 0 Å². The molecule has 0 bridgehead atoms. The summed E-state index contributed by atoms with van der Waals surface area (Å²) in [6.07, 6.45) is 6.55. The number of nitrogens with one attached hydrogen (secondary N) is 1. The molecule has 1 amide bonds. The molecule has 1 N–H and O–H groups in total. The molecule has 104 valence electrons. The van der Waals surface area contributed by atoms with Crippen molar-refractivity contribution < 1.29 is 4.79 Å². The number of aromatic nitrogens is 6. The van der Waals surface area contributed by atoms with Crippen molar-refractivity contribution in [1.82, 2.24) is 29.7 Å². The number of aryl methyl sites for hydroxylation is 1. The molecule has 0 saturated carbocycles. The van der Waals surface area contributed by atoms with E-state index in [4.69, 9.17) is 0 Å². The number of carbonyl (C=O) groups is 1. The highest BCUT2D eigenvalue weighted by atomic mass is 16.2. The van der Waals surface area contributed by atoms with E-state index in [1.54, 1.807) is 47.7 Å². The Kier molecular flexibility index (Phi) is 3.34. The second-order valence-electron chi connectivity index (χ2n) is 4.22. The maximum absolute atomic E-state index is 12.0. The lowest BCUT2D eigenvalue weighted by Gasteiger charge is -2.04. The first-order valence-electron chi connectivity index (χ1n) is 6.15. The van der Waals surface area contributed by atoms with Gasteiger partial charge in [-0.05, 0) is 25.1 Å². The van der Waals surface area contributed by atoms with Crippen LogP contribution < -0.4 is 5.32 Å². The highest BCUT2D eigenvalue weighted by molar-refractivity contribution is 6.01. The molecule has 0 aliphatic carbocycles. The van der Waals surface area contributed by atoms with E-state index >= 15 is 0 Å². The van der Waals surface area contributed by atoms with Crippen molar-refractivity contribution in [3.8, 4) is 5.82 Å². The van der Waals surface area contributed by atoms with Crippen LogP contribution in [0.3, 0.4) is 0 Å². The summed E-state index contributed by atoms with van der Waals surface area (Å²) in [5.41, 5.74) is 0.950. The Morgan fingerprint density at radius 2 is 2.10 bits per heavy atom. The first-order valence-corrected chi connectivity index (χ1v) is 6.15. The minimum Gasteiger partial charge on any atom is -0.289 e. The third kappa shape index (κ3) is 2.89. The summed E-state index contributed by atoms with van der Waals surface area (Å²) < 4.78 is 1.69. The van der Waals surface area contributed by atoms with Crippen LogP contribution in [-0.2, 0) is 0 Å². The Bertz CT molecular complexity index is 752. The molecule has 0 saturated heterocycles. The highest BCUT2D eigenvalue weighted by Gasteiger charge is 2.10. The predicted octanol–water partition coefficient (Wildman–Crippen LogP) is 1.01. The quantitative estimate of drug-likeness (QED) is 0.769. The molecule has 3 aromatic rings. The zero-order chi connectivity index (χ0) is 14.7. The molecule has 0 aliphatic rings. The molecule has 3 rings (SSSR count). The first-order chi connectivity index (χ1) is 10.2. The zero-order valence-corrected chi connectivity index (χ0v) is 11.1. The fraction of sp³-hybridized carbons (Fsp3) is 0.0769. The summed E-state index contributed by atoms with van der Waals surface area (Å²) in [5.74, 6) is 0.404. The van der Waals surface area contributed by atoms with E-state index in [1.807, 2.05) is 6.92 Å². The molecule has 3 heterocycles. The number of hydrogen-bond donors (Lipinski definition) is 1. The van der Waals surface area contributed by atoms with Crippen LogP contribution in [0, 0.1) is 6.92 Å². The van der Waals surface area contributed by atoms with Crippen LogP contribution in [0.1, 0.15) is 16.2 Å². The van der Waals surface area contributed by atoms with Crippen molar-refractivity contribution in [3.05, 3.63) is 54.5 Å². The number of rotatable bonds is 3. The monoisotopic (exact) mass is 281 g/mol. The summed E-state index contributed by atoms with van der Waals surface area (Å²) in [6.45, 7) is 1.82. The number of imidazole rings is 1. The number of hydrogen-bond acceptors (Lipinski definition) is 6. The Labute approximate surface area is 119 Å². The molecule has 0 atom stereocenters. The molecular weight excluding hydrogens is 270 g/mol. The van der Waals surface area contributed by atoms with Crippen LogP contribution in [0.15, 0.2) is 43.1 Å². The number of amides is 1. The molecule has 3 aromatic heterocycles. The van der Waals surface area contributed by atoms with E-state index in [0.717, 1.165) is 5.69 Å². The van der Waals surface area contributed by atoms with E-state index in [1.165, 1.54) is 0 Å². The summed E-state index contributed by atoms with van der Waals surface area (Å²) >= 11 is 0. The Morgan fingerprint density at radius 3 is 2.76 bits per heavy atom. The second-order valence-corrected chi connectivity index (χ2v) is 4.22. The van der Waals surface area contributed by atoms with Crippen molar-refractivity contribution in [3.63, 3.8) is 0 Å². The van der Waals surface area contributed by atoms with E-state index in [0.29, 0.717) is 5.82 Å². The minimum atomic E-state index is -0.412. The first kappa shape index (κ1) is 12.9. The molecule has 8 heteroatoms. The Hall–Kier alpha value is -3.16. The van der Waals surface area contributed by atoms with Crippen LogP contribution in [0.2, 0.25) is 0 Å². The highest BCUT2D eigenvalue weighted by Crippen LogP contribution is 2.05. The van der Waals surface area contributed by atoms with Gasteiger partial charge in [-0.25, -0.2) is 15.0 Å². The maximum Gasteiger partial charge on any atom is 0.278 e. The zero-order valence-electron chi connectivity index (χ0n) is 11.1. The van der Waals surface area contributed by atoms with Gasteiger partial charge in [0.25, 0.3) is 5.91 Å². The largest absolute Gasteiger partial charge is 0.289 e. The number of anilines is 1. The van der Waals surface area contributed by atoms with Crippen molar-refractivity contribution in [2.24, 2.45) is 0 Å². The fourth-order valence-corrected chi connectivity index (χ4v) is 1.65. The topological polar surface area (TPSA) is 98.5 Å². The molecule has 0 fully saturated rings. The van der Waals surface area contributed by atoms with Crippen molar-refractivity contribution in [2.45, 2.75) is 6.92 Å². The lowest BCUT2D eigenvalue weighted by molar-refractivity contribution is 0.102. The van der Waals surface area contributed by atoms with Crippen LogP contribution in [0.5, 0.6) is 0 Å². The fourth-order valence-electron chi connectivity index (χ4n) is 1.65. The molecule has 21 heavy (non-hydrogen) atoms. The molecule has 0 aliphatic heterocycles. The summed E-state index contributed by atoms with van der Waals surface area (Å²) in [5, 5.41) is 10.4. The van der Waals surface area contributed by atoms with Gasteiger partial charge in [0.1, 0.15) is 6.33 Å². The van der Waals surface area contributed by atoms with Crippen molar-refractivity contribution >= 4 is 11.9 Å². The van der Waals surface area contributed by atoms with Crippen LogP contribution in [0.4, 0.5) is 5.95 Å². The van der Waals surface area contributed by atoms with E-state index in [2.05, 4.69) is 30.5 Å². The van der Waals surface area contributed by atoms with Gasteiger partial charge in [-0.3, -0.25) is 14.7 Å². The summed E-state index contributed by atoms with van der Waals surface area (Å²) in [4.78, 5) is 24.0. The third-order valence-corrected chi connectivity index (χ3v) is 2.67. The van der Waals surface area contributed by atoms with Gasteiger partial charge in [-0.15, -0.1) is 10.2 Å². The summed E-state index contributed by atoms with van der Waals surface area (Å²) in [7, 11) is 0. The lowest BCUT2D eigenvalue weighted by atomic mass is 10.3. The molecule has 8 nitrogen and oxygen atoms in total. The van der Waals surface area contributed by atoms with Gasteiger partial charge in [-0.2, -0.15) is 0 Å². The molecule has 0 radical (unpaired) electrons. The number of carbonyl (C=O) groups excluding carboxylic acids is 1. The van der Waals surface area contributed by atoms with E-state index in [9.17, 15) is 4.79 Å². The predicted molar refractivity (Wildman–Crippen MR) is 73.9 cm³/mol. The van der Waals surface area contributed by atoms with Gasteiger partial charge >= 0.3 is 0 Å². The lowest BCUT2D eigenvalue weighted by Crippen LogP contribution is -2.16. The molecular formula is C13H11N7O.